The predicted octanol–water partition coefficient (Wildman–Crippen LogP) is 1.59. The van der Waals surface area contributed by atoms with Gasteiger partial charge in [-0.1, -0.05) is 0 Å². The number of halogens is 3. The normalized spacial score (nSPS) is 14.5. The summed E-state index contributed by atoms with van der Waals surface area (Å²) in [5, 5.41) is 2.46. The number of alkyl halides is 3. The molecule has 0 aliphatic heterocycles. The molecule has 1 amide bonds. The van der Waals surface area contributed by atoms with Crippen molar-refractivity contribution in [2.75, 3.05) is 18.1 Å². The van der Waals surface area contributed by atoms with Crippen molar-refractivity contribution in [1.82, 2.24) is 5.32 Å². The summed E-state index contributed by atoms with van der Waals surface area (Å²) in [7, 11) is 0. The third-order valence-electron chi connectivity index (χ3n) is 2.20. The number of nitrogens with one attached hydrogen (secondary N) is 1. The van der Waals surface area contributed by atoms with E-state index in [4.69, 9.17) is 10.5 Å². The Hall–Kier alpha value is -1.49. The number of hydrogen-bond donors (Lipinski definition) is 2. The summed E-state index contributed by atoms with van der Waals surface area (Å²) >= 11 is 1.09. The number of alkyl carbamates (subject to hydrolysis) is 1. The van der Waals surface area contributed by atoms with Crippen LogP contribution >= 0.6 is 11.8 Å². The molecule has 140 valence electrons. The highest BCUT2D eigenvalue weighted by atomic mass is 32.2. The molecule has 0 radical (unpaired) electrons. The summed E-state index contributed by atoms with van der Waals surface area (Å²) in [6, 6.07) is 0. The van der Waals surface area contributed by atoms with Gasteiger partial charge in [0.25, 0.3) is 0 Å². The quantitative estimate of drug-likeness (QED) is 0.413. The Kier molecular flexibility index (Phi) is 8.03. The molecule has 0 rings (SSSR count). The molecule has 0 unspecified atom stereocenters. The van der Waals surface area contributed by atoms with E-state index >= 15 is 0 Å². The maximum Gasteiger partial charge on any atom is 0.491 e. The number of nitrogens with two attached hydrogens (primary N) is 1. The highest BCUT2D eigenvalue weighted by molar-refractivity contribution is 7.99. The third-order valence-corrected chi connectivity index (χ3v) is 3.50. The molecule has 7 nitrogen and oxygen atoms in total. The van der Waals surface area contributed by atoms with Crippen molar-refractivity contribution in [3.63, 3.8) is 0 Å². The summed E-state index contributed by atoms with van der Waals surface area (Å²) in [4.78, 5) is 33.4. The maximum absolute atomic E-state index is 12.0. The van der Waals surface area contributed by atoms with Gasteiger partial charge in [-0.3, -0.25) is 0 Å². The Morgan fingerprint density at radius 1 is 1.08 bits per heavy atom. The molecule has 0 bridgehead atoms. The first-order valence-electron chi connectivity index (χ1n) is 6.82. The lowest BCUT2D eigenvalue weighted by molar-refractivity contribution is -0.203. The molecule has 0 fully saturated rings. The molecule has 0 aromatic rings. The van der Waals surface area contributed by atoms with E-state index in [1.54, 1.807) is 20.8 Å². The van der Waals surface area contributed by atoms with E-state index in [1.807, 2.05) is 0 Å². The Balaban J connectivity index is 4.15. The number of esters is 2. The van der Waals surface area contributed by atoms with E-state index in [0.717, 1.165) is 18.7 Å². The lowest BCUT2D eigenvalue weighted by Gasteiger charge is -2.22. The molecule has 0 aliphatic carbocycles. The van der Waals surface area contributed by atoms with Crippen molar-refractivity contribution in [2.24, 2.45) is 5.73 Å². The summed E-state index contributed by atoms with van der Waals surface area (Å²) in [5.74, 6) is -3.86. The van der Waals surface area contributed by atoms with Gasteiger partial charge in [-0.25, -0.2) is 14.4 Å². The summed E-state index contributed by atoms with van der Waals surface area (Å²) < 4.78 is 44.8. The van der Waals surface area contributed by atoms with Crippen molar-refractivity contribution >= 4 is 29.8 Å². The molecule has 0 aliphatic rings. The average Bonchev–Trinajstić information content (AvgIpc) is 2.34. The lowest BCUT2D eigenvalue weighted by Crippen LogP contribution is -2.50. The second-order valence-electron chi connectivity index (χ2n) is 6.07. The van der Waals surface area contributed by atoms with Crippen molar-refractivity contribution < 1.29 is 37.0 Å². The van der Waals surface area contributed by atoms with Crippen molar-refractivity contribution in [1.29, 1.82) is 0 Å². The molecule has 0 heterocycles. The zero-order chi connectivity index (χ0) is 19.2. The number of amides is 1. The van der Waals surface area contributed by atoms with E-state index in [0.29, 0.717) is 5.75 Å². The zero-order valence-electron chi connectivity index (χ0n) is 13.8. The fraction of sp³-hybridized carbons (Fsp3) is 0.769. The minimum absolute atomic E-state index is 0.104. The molecule has 24 heavy (non-hydrogen) atoms. The molecule has 0 saturated carbocycles. The van der Waals surface area contributed by atoms with E-state index in [-0.39, 0.29) is 12.3 Å². The number of rotatable bonds is 6. The van der Waals surface area contributed by atoms with Gasteiger partial charge >= 0.3 is 24.2 Å². The van der Waals surface area contributed by atoms with Gasteiger partial charge in [0.05, 0.1) is 0 Å². The van der Waals surface area contributed by atoms with E-state index in [2.05, 4.69) is 10.1 Å². The summed E-state index contributed by atoms with van der Waals surface area (Å²) in [5.41, 5.74) is 3.13. The second-order valence-corrected chi connectivity index (χ2v) is 7.18. The van der Waals surface area contributed by atoms with Crippen molar-refractivity contribution in [2.45, 2.75) is 45.0 Å². The Morgan fingerprint density at radius 3 is 2.08 bits per heavy atom. The van der Waals surface area contributed by atoms with Crippen LogP contribution in [0, 0.1) is 0 Å². The Labute approximate surface area is 141 Å². The smallest absolute Gasteiger partial charge is 0.444 e. The van der Waals surface area contributed by atoms with Gasteiger partial charge in [-0.05, 0) is 27.7 Å². The molecule has 0 spiro atoms. The van der Waals surface area contributed by atoms with Gasteiger partial charge < -0.3 is 20.5 Å². The lowest BCUT2D eigenvalue weighted by atomic mass is 10.1. The standard InChI is InChI=1S/C13H21F3N2O5S/c1-11(2,3)23-10(21)18-5-6-24-7-12(4,17)8(19)22-9(20)13(14,15)16/h5-7,17H2,1-4H3,(H,18,21)/t12-/m0/s1. The Morgan fingerprint density at radius 2 is 1.62 bits per heavy atom. The fourth-order valence-electron chi connectivity index (χ4n) is 1.14. The molecule has 11 heteroatoms. The van der Waals surface area contributed by atoms with Crippen LogP contribution in [0.3, 0.4) is 0 Å². The van der Waals surface area contributed by atoms with Crippen molar-refractivity contribution in [3.05, 3.63) is 0 Å². The van der Waals surface area contributed by atoms with Gasteiger partial charge in [-0.15, -0.1) is 0 Å². The third kappa shape index (κ3) is 9.60. The van der Waals surface area contributed by atoms with Crippen LogP contribution in [0.5, 0.6) is 0 Å². The van der Waals surface area contributed by atoms with Gasteiger partial charge in [0, 0.05) is 18.1 Å². The summed E-state index contributed by atoms with van der Waals surface area (Å²) in [6.45, 7) is 6.46. The van der Waals surface area contributed by atoms with Gasteiger partial charge in [0.1, 0.15) is 11.1 Å². The largest absolute Gasteiger partial charge is 0.491 e. The van der Waals surface area contributed by atoms with Crippen LogP contribution in [0.15, 0.2) is 0 Å². The first kappa shape index (κ1) is 22.5. The van der Waals surface area contributed by atoms with E-state index in [9.17, 15) is 27.6 Å². The van der Waals surface area contributed by atoms with Crippen molar-refractivity contribution in [3.8, 4) is 0 Å². The van der Waals surface area contributed by atoms with Gasteiger partial charge in [0.2, 0.25) is 0 Å². The molecule has 1 atom stereocenters. The minimum atomic E-state index is -5.27. The maximum atomic E-state index is 12.0. The first-order valence-corrected chi connectivity index (χ1v) is 7.97. The SMILES string of the molecule is CC(C)(C)OC(=O)NCCSC[C@](C)(N)C(=O)OC(=O)C(F)(F)F. The fourth-order valence-corrected chi connectivity index (χ4v) is 2.07. The number of carbonyl (C=O) groups excluding carboxylic acids is 3. The molecule has 0 saturated heterocycles. The molecule has 0 aromatic heterocycles. The highest BCUT2D eigenvalue weighted by Gasteiger charge is 2.44. The topological polar surface area (TPSA) is 108 Å². The van der Waals surface area contributed by atoms with E-state index < -0.39 is 35.3 Å². The molecular formula is C13H21F3N2O5S. The number of carbonyl (C=O) groups is 3. The molecule has 3 N–H and O–H groups in total. The van der Waals surface area contributed by atoms with Crippen LogP contribution in [0.25, 0.3) is 0 Å². The summed E-state index contributed by atoms with van der Waals surface area (Å²) in [6.07, 6.45) is -5.88. The predicted molar refractivity (Wildman–Crippen MR) is 81.3 cm³/mol. The van der Waals surface area contributed by atoms with Gasteiger partial charge in [-0.2, -0.15) is 24.9 Å². The van der Waals surface area contributed by atoms with Crippen LogP contribution in [-0.4, -0.2) is 53.4 Å². The van der Waals surface area contributed by atoms with Crippen LogP contribution in [-0.2, 0) is 19.1 Å². The monoisotopic (exact) mass is 374 g/mol. The molecular weight excluding hydrogens is 353 g/mol. The average molecular weight is 374 g/mol. The number of thioether (sulfide) groups is 1. The highest BCUT2D eigenvalue weighted by Crippen LogP contribution is 2.19. The van der Waals surface area contributed by atoms with Crippen LogP contribution in [0.4, 0.5) is 18.0 Å². The van der Waals surface area contributed by atoms with E-state index in [1.165, 1.54) is 0 Å². The van der Waals surface area contributed by atoms with Crippen LogP contribution in [0.1, 0.15) is 27.7 Å². The van der Waals surface area contributed by atoms with Gasteiger partial charge in [0.15, 0.2) is 0 Å². The minimum Gasteiger partial charge on any atom is -0.444 e. The number of hydrogen-bond acceptors (Lipinski definition) is 7. The zero-order valence-corrected chi connectivity index (χ0v) is 14.6. The Bertz CT molecular complexity index is 475. The van der Waals surface area contributed by atoms with Crippen LogP contribution in [0.2, 0.25) is 0 Å². The first-order chi connectivity index (χ1) is 10.6. The molecule has 0 aromatic carbocycles. The van der Waals surface area contributed by atoms with Crippen LogP contribution < -0.4 is 11.1 Å². The second kappa shape index (κ2) is 8.56. The number of ether oxygens (including phenoxy) is 2.